The van der Waals surface area contributed by atoms with E-state index in [4.69, 9.17) is 16.6 Å². The number of carbonyl (C=O) groups is 1. The first-order valence-electron chi connectivity index (χ1n) is 4.40. The van der Waals surface area contributed by atoms with Gasteiger partial charge in [-0.05, 0) is 19.4 Å². The van der Waals surface area contributed by atoms with Crippen LogP contribution < -0.4 is 11.5 Å². The van der Waals surface area contributed by atoms with Gasteiger partial charge < -0.3 is 16.6 Å². The van der Waals surface area contributed by atoms with Crippen molar-refractivity contribution < 1.29 is 18.3 Å². The average Bonchev–Trinajstić information content (AvgIpc) is 2.18. The lowest BCUT2D eigenvalue weighted by molar-refractivity contribution is -0.138. The van der Waals surface area contributed by atoms with Crippen LogP contribution in [0.15, 0.2) is 12.0 Å². The van der Waals surface area contributed by atoms with E-state index in [0.717, 1.165) is 18.2 Å². The molecule has 0 aliphatic heterocycles. The molecule has 0 aliphatic carbocycles. The Labute approximate surface area is 90.9 Å². The monoisotopic (exact) mass is 238 g/mol. The minimum atomic E-state index is -2.33. The molecule has 0 aromatic carbocycles. The summed E-state index contributed by atoms with van der Waals surface area (Å²) in [6.45, 7) is 3.57. The zero-order valence-corrected chi connectivity index (χ0v) is 9.36. The molecule has 90 valence electrons. The minimum absolute atomic E-state index is 0.520. The van der Waals surface area contributed by atoms with Crippen molar-refractivity contribution in [2.75, 3.05) is 6.54 Å². The van der Waals surface area contributed by atoms with E-state index in [1.165, 1.54) is 0 Å². The third-order valence-corrected chi connectivity index (χ3v) is 1.73. The Bertz CT molecular complexity index is 245. The van der Waals surface area contributed by atoms with Crippen molar-refractivity contribution >= 4 is 16.7 Å². The van der Waals surface area contributed by atoms with Gasteiger partial charge in [0.05, 0.1) is 0 Å². The Morgan fingerprint density at radius 2 is 1.93 bits per heavy atom. The van der Waals surface area contributed by atoms with Crippen LogP contribution in [0.1, 0.15) is 19.3 Å². The van der Waals surface area contributed by atoms with Gasteiger partial charge in [-0.1, -0.05) is 13.0 Å². The van der Waals surface area contributed by atoms with Crippen LogP contribution in [0.2, 0.25) is 0 Å². The first-order valence-corrected chi connectivity index (χ1v) is 5.64. The predicted molar refractivity (Wildman–Crippen MR) is 59.0 cm³/mol. The van der Waals surface area contributed by atoms with E-state index < -0.39 is 22.7 Å². The van der Waals surface area contributed by atoms with Crippen LogP contribution in [0, 0.1) is 0 Å². The molecule has 6 nitrogen and oxygen atoms in total. The predicted octanol–water partition coefficient (Wildman–Crippen LogP) is -0.731. The summed E-state index contributed by atoms with van der Waals surface area (Å²) in [6, 6.07) is -0.716. The van der Waals surface area contributed by atoms with Gasteiger partial charge >= 0.3 is 5.97 Å². The first-order chi connectivity index (χ1) is 6.95. The van der Waals surface area contributed by atoms with Crippen molar-refractivity contribution in [3.63, 3.8) is 0 Å². The fourth-order valence-electron chi connectivity index (χ4n) is 0.632. The number of aliphatic carboxylic acids is 1. The van der Waals surface area contributed by atoms with Gasteiger partial charge in [0, 0.05) is 5.41 Å². The lowest BCUT2D eigenvalue weighted by Gasteiger charge is -2.03. The van der Waals surface area contributed by atoms with Gasteiger partial charge in [0.25, 0.3) is 0 Å². The molecule has 0 spiro atoms. The molecule has 0 saturated heterocycles. The number of carboxylic acid groups (broad SMARTS) is 1. The van der Waals surface area contributed by atoms with Crippen LogP contribution in [0.4, 0.5) is 0 Å². The van der Waals surface area contributed by atoms with Crippen LogP contribution >= 0.6 is 0 Å². The van der Waals surface area contributed by atoms with E-state index in [0.29, 0.717) is 13.0 Å². The highest BCUT2D eigenvalue weighted by Crippen LogP contribution is 1.96. The molecule has 1 unspecified atom stereocenters. The molecule has 7 heteroatoms. The summed E-state index contributed by atoms with van der Waals surface area (Å²) < 4.78 is 18.6. The summed E-state index contributed by atoms with van der Waals surface area (Å²) in [4.78, 5) is 10.1. The lowest BCUT2D eigenvalue weighted by Crippen LogP contribution is -2.29. The van der Waals surface area contributed by atoms with Gasteiger partial charge in [-0.2, -0.15) is 0 Å². The average molecular weight is 238 g/mol. The fraction of sp³-hybridized carbons (Fsp3) is 0.625. The van der Waals surface area contributed by atoms with E-state index >= 15 is 0 Å². The second kappa shape index (κ2) is 11.2. The molecule has 15 heavy (non-hydrogen) atoms. The molecule has 0 aromatic rings. The quantitative estimate of drug-likeness (QED) is 0.357. The summed E-state index contributed by atoms with van der Waals surface area (Å²) in [7, 11) is -2.33. The van der Waals surface area contributed by atoms with E-state index in [1.54, 1.807) is 0 Å². The van der Waals surface area contributed by atoms with Crippen molar-refractivity contribution in [1.82, 2.24) is 0 Å². The number of nitrogens with two attached hydrogens (primary N) is 2. The maximum Gasteiger partial charge on any atom is 0.320 e. The molecule has 0 aromatic heterocycles. The summed E-state index contributed by atoms with van der Waals surface area (Å²) in [5.74, 6) is -0.933. The molecule has 0 aliphatic rings. The van der Waals surface area contributed by atoms with Crippen molar-refractivity contribution in [2.45, 2.75) is 25.3 Å². The van der Waals surface area contributed by atoms with Gasteiger partial charge in [0.15, 0.2) is 10.7 Å². The number of thiol groups is 1. The van der Waals surface area contributed by atoms with E-state index in [-0.39, 0.29) is 0 Å². The maximum atomic E-state index is 10.1. The molecule has 0 bridgehead atoms. The molecular weight excluding hydrogens is 220 g/mol. The lowest BCUT2D eigenvalue weighted by atomic mass is 10.1. The third-order valence-electron chi connectivity index (χ3n) is 1.44. The van der Waals surface area contributed by atoms with Gasteiger partial charge in [-0.15, -0.1) is 0 Å². The zero-order chi connectivity index (χ0) is 12.3. The minimum Gasteiger partial charge on any atom is -0.480 e. The van der Waals surface area contributed by atoms with Crippen LogP contribution in [0.5, 0.6) is 0 Å². The summed E-state index contributed by atoms with van der Waals surface area (Å²) in [6.07, 6.45) is 2.16. The van der Waals surface area contributed by atoms with E-state index in [9.17, 15) is 13.2 Å². The van der Waals surface area contributed by atoms with Gasteiger partial charge in [0.1, 0.15) is 6.04 Å². The van der Waals surface area contributed by atoms with Crippen LogP contribution in [0.3, 0.4) is 0 Å². The Kier molecular flexibility index (Phi) is 12.3. The third kappa shape index (κ3) is 15.8. The Hall–Kier alpha value is -0.920. The van der Waals surface area contributed by atoms with Gasteiger partial charge in [-0.25, -0.2) is 8.42 Å². The number of hydrogen-bond acceptors (Lipinski definition) is 5. The standard InChI is InChI=1S/C6H14N2O2.C2H4O2S/c7-4-2-1-3-5(8)6(9)10;1-2-5(3)4/h5H,1-4,7-8H2,(H,9,10);2,5H,1H2. The Morgan fingerprint density at radius 1 is 1.47 bits per heavy atom. The number of rotatable bonds is 6. The molecule has 0 rings (SSSR count). The number of unbranched alkanes of at least 4 members (excludes halogenated alkanes) is 1. The largest absolute Gasteiger partial charge is 0.480 e. The maximum absolute atomic E-state index is 10.1. The van der Waals surface area contributed by atoms with Crippen molar-refractivity contribution in [2.24, 2.45) is 11.5 Å². The zero-order valence-electron chi connectivity index (χ0n) is 8.46. The SMILES string of the molecule is C=C[SH](=O)=O.NCCCCC(N)C(=O)O. The summed E-state index contributed by atoms with van der Waals surface area (Å²) in [5.41, 5.74) is 10.4. The number of carboxylic acids is 1. The normalized spacial score (nSPS) is 11.4. The topological polar surface area (TPSA) is 123 Å². The van der Waals surface area contributed by atoms with E-state index in [1.807, 2.05) is 0 Å². The highest BCUT2D eigenvalue weighted by molar-refractivity contribution is 7.75. The van der Waals surface area contributed by atoms with E-state index in [2.05, 4.69) is 6.58 Å². The smallest absolute Gasteiger partial charge is 0.320 e. The molecule has 0 radical (unpaired) electrons. The molecule has 0 amide bonds. The molecule has 5 N–H and O–H groups in total. The molecule has 0 fully saturated rings. The first kappa shape index (κ1) is 16.5. The summed E-state index contributed by atoms with van der Waals surface area (Å²) >= 11 is 0. The fourth-order valence-corrected chi connectivity index (χ4v) is 0.632. The summed E-state index contributed by atoms with van der Waals surface area (Å²) in [5, 5.41) is 9.20. The van der Waals surface area contributed by atoms with Crippen LogP contribution in [-0.2, 0) is 15.5 Å². The van der Waals surface area contributed by atoms with Crippen molar-refractivity contribution in [3.05, 3.63) is 12.0 Å². The molecule has 0 saturated carbocycles. The van der Waals surface area contributed by atoms with Gasteiger partial charge in [0.2, 0.25) is 0 Å². The molecular formula is C8H18N2O4S. The molecule has 1 atom stereocenters. The molecule has 0 heterocycles. The van der Waals surface area contributed by atoms with Crippen LogP contribution in [-0.4, -0.2) is 32.1 Å². The highest BCUT2D eigenvalue weighted by atomic mass is 32.2. The second-order valence-electron chi connectivity index (χ2n) is 2.70. The van der Waals surface area contributed by atoms with Crippen molar-refractivity contribution in [1.29, 1.82) is 0 Å². The highest BCUT2D eigenvalue weighted by Gasteiger charge is 2.09. The van der Waals surface area contributed by atoms with Gasteiger partial charge in [-0.3, -0.25) is 4.79 Å². The Morgan fingerprint density at radius 3 is 2.20 bits per heavy atom. The Balaban J connectivity index is 0. The second-order valence-corrected chi connectivity index (χ2v) is 3.63. The number of hydrogen-bond donors (Lipinski definition) is 4. The van der Waals surface area contributed by atoms with Crippen molar-refractivity contribution in [3.8, 4) is 0 Å². The van der Waals surface area contributed by atoms with Crippen LogP contribution in [0.25, 0.3) is 0 Å².